The van der Waals surface area contributed by atoms with E-state index in [0.717, 1.165) is 5.56 Å². The van der Waals surface area contributed by atoms with Gasteiger partial charge in [0.1, 0.15) is 10.6 Å². The molecular formula is C18H17Cl2NO5S. The zero-order chi connectivity index (χ0) is 19.6. The fourth-order valence-corrected chi connectivity index (χ4v) is 4.67. The molecule has 0 bridgehead atoms. The molecule has 1 aliphatic heterocycles. The van der Waals surface area contributed by atoms with E-state index in [4.69, 9.17) is 32.7 Å². The van der Waals surface area contributed by atoms with Crippen molar-refractivity contribution >= 4 is 39.2 Å². The number of aryl methyl sites for hydroxylation is 1. The summed E-state index contributed by atoms with van der Waals surface area (Å²) in [6.07, 6.45) is 0. The van der Waals surface area contributed by atoms with Gasteiger partial charge in [-0.05, 0) is 42.8 Å². The maximum Gasteiger partial charge on any atom is 0.343 e. The van der Waals surface area contributed by atoms with Gasteiger partial charge in [-0.2, -0.15) is 4.31 Å². The smallest absolute Gasteiger partial charge is 0.343 e. The van der Waals surface area contributed by atoms with E-state index in [1.54, 1.807) is 18.2 Å². The summed E-state index contributed by atoms with van der Waals surface area (Å²) in [6.45, 7) is 2.91. The van der Waals surface area contributed by atoms with Gasteiger partial charge in [0, 0.05) is 13.1 Å². The monoisotopic (exact) mass is 429 g/mol. The van der Waals surface area contributed by atoms with Gasteiger partial charge in [0.2, 0.25) is 10.0 Å². The molecule has 0 unspecified atom stereocenters. The summed E-state index contributed by atoms with van der Waals surface area (Å²) in [5.41, 5.74) is 0.928. The van der Waals surface area contributed by atoms with Crippen molar-refractivity contribution < 1.29 is 22.7 Å². The summed E-state index contributed by atoms with van der Waals surface area (Å²) in [7, 11) is -3.85. The van der Waals surface area contributed by atoms with Crippen LogP contribution in [0.1, 0.15) is 15.9 Å². The third-order valence-electron chi connectivity index (χ3n) is 4.04. The number of hydrogen-bond acceptors (Lipinski definition) is 5. The Balaban J connectivity index is 1.90. The average molecular weight is 430 g/mol. The summed E-state index contributed by atoms with van der Waals surface area (Å²) >= 11 is 12.1. The van der Waals surface area contributed by atoms with Gasteiger partial charge in [0.25, 0.3) is 0 Å². The highest BCUT2D eigenvalue weighted by molar-refractivity contribution is 7.89. The van der Waals surface area contributed by atoms with E-state index >= 15 is 0 Å². The van der Waals surface area contributed by atoms with Gasteiger partial charge >= 0.3 is 5.97 Å². The first-order valence-corrected chi connectivity index (χ1v) is 10.3. The number of esters is 1. The lowest BCUT2D eigenvalue weighted by atomic mass is 10.2. The first-order chi connectivity index (χ1) is 12.8. The fraction of sp³-hybridized carbons (Fsp3) is 0.278. The lowest BCUT2D eigenvalue weighted by molar-refractivity contribution is 0.0727. The van der Waals surface area contributed by atoms with Gasteiger partial charge < -0.3 is 9.47 Å². The lowest BCUT2D eigenvalue weighted by Gasteiger charge is -2.26. The van der Waals surface area contributed by atoms with E-state index in [9.17, 15) is 13.2 Å². The van der Waals surface area contributed by atoms with Crippen molar-refractivity contribution in [2.75, 3.05) is 26.3 Å². The van der Waals surface area contributed by atoms with Crippen molar-refractivity contribution in [3.8, 4) is 5.75 Å². The van der Waals surface area contributed by atoms with Gasteiger partial charge in [-0.1, -0.05) is 29.3 Å². The van der Waals surface area contributed by atoms with Crippen LogP contribution in [0.15, 0.2) is 41.3 Å². The third kappa shape index (κ3) is 4.44. The Morgan fingerprint density at radius 1 is 1.07 bits per heavy atom. The van der Waals surface area contributed by atoms with Crippen LogP contribution in [-0.4, -0.2) is 45.0 Å². The Bertz CT molecular complexity index is 972. The predicted octanol–water partition coefficient (Wildman–Crippen LogP) is 3.54. The molecule has 0 N–H and O–H groups in total. The highest BCUT2D eigenvalue weighted by Crippen LogP contribution is 2.29. The molecule has 0 aliphatic carbocycles. The number of benzene rings is 2. The molecule has 0 radical (unpaired) electrons. The van der Waals surface area contributed by atoms with Crippen molar-refractivity contribution in [3.05, 3.63) is 57.6 Å². The number of morpholine rings is 1. The first kappa shape index (κ1) is 20.1. The van der Waals surface area contributed by atoms with Crippen LogP contribution in [0.3, 0.4) is 0 Å². The molecule has 0 spiro atoms. The Kier molecular flexibility index (Phi) is 6.08. The lowest BCUT2D eigenvalue weighted by Crippen LogP contribution is -2.40. The van der Waals surface area contributed by atoms with Gasteiger partial charge in [-0.25, -0.2) is 13.2 Å². The van der Waals surface area contributed by atoms with E-state index < -0.39 is 16.0 Å². The molecule has 9 heteroatoms. The molecule has 3 rings (SSSR count). The Hall–Kier alpha value is -1.64. The zero-order valence-corrected chi connectivity index (χ0v) is 16.8. The van der Waals surface area contributed by atoms with Crippen molar-refractivity contribution in [1.82, 2.24) is 4.31 Å². The zero-order valence-electron chi connectivity index (χ0n) is 14.4. The van der Waals surface area contributed by atoms with Crippen LogP contribution < -0.4 is 4.74 Å². The van der Waals surface area contributed by atoms with Crippen LogP contribution in [-0.2, 0) is 14.8 Å². The molecule has 6 nitrogen and oxygen atoms in total. The SMILES string of the molecule is Cc1ccc(Cl)c(OC(=O)c2ccc(Cl)c(S(=O)(=O)N3CCOCC3)c2)c1. The minimum absolute atomic E-state index is 0.0339. The molecule has 0 saturated carbocycles. The molecule has 27 heavy (non-hydrogen) atoms. The Morgan fingerprint density at radius 3 is 2.44 bits per heavy atom. The van der Waals surface area contributed by atoms with Crippen molar-refractivity contribution in [1.29, 1.82) is 0 Å². The van der Waals surface area contributed by atoms with Crippen LogP contribution in [0.5, 0.6) is 5.75 Å². The van der Waals surface area contributed by atoms with Crippen LogP contribution in [0.4, 0.5) is 0 Å². The van der Waals surface area contributed by atoms with E-state index in [2.05, 4.69) is 0 Å². The second-order valence-corrected chi connectivity index (χ2v) is 8.71. The second kappa shape index (κ2) is 8.16. The maximum atomic E-state index is 12.9. The minimum Gasteiger partial charge on any atom is -0.421 e. The number of rotatable bonds is 4. The highest BCUT2D eigenvalue weighted by atomic mass is 35.5. The largest absolute Gasteiger partial charge is 0.421 e. The van der Waals surface area contributed by atoms with E-state index in [1.807, 2.05) is 6.92 Å². The quantitative estimate of drug-likeness (QED) is 0.548. The van der Waals surface area contributed by atoms with Crippen LogP contribution in [0, 0.1) is 6.92 Å². The molecule has 1 saturated heterocycles. The number of sulfonamides is 1. The fourth-order valence-electron chi connectivity index (χ4n) is 2.60. The van der Waals surface area contributed by atoms with Gasteiger partial charge in [-0.15, -0.1) is 0 Å². The highest BCUT2D eigenvalue weighted by Gasteiger charge is 2.29. The second-order valence-electron chi connectivity index (χ2n) is 5.99. The van der Waals surface area contributed by atoms with E-state index in [1.165, 1.54) is 22.5 Å². The van der Waals surface area contributed by atoms with Gasteiger partial charge in [-0.3, -0.25) is 0 Å². The van der Waals surface area contributed by atoms with E-state index in [0.29, 0.717) is 13.2 Å². The van der Waals surface area contributed by atoms with Crippen molar-refractivity contribution in [2.24, 2.45) is 0 Å². The number of halogens is 2. The summed E-state index contributed by atoms with van der Waals surface area (Å²) in [5, 5.41) is 0.315. The standard InChI is InChI=1S/C18H17Cl2NO5S/c1-12-2-4-14(19)16(10-12)26-18(22)13-3-5-15(20)17(11-13)27(23,24)21-6-8-25-9-7-21/h2-5,10-11H,6-9H2,1H3. The Morgan fingerprint density at radius 2 is 1.74 bits per heavy atom. The van der Waals surface area contributed by atoms with E-state index in [-0.39, 0.29) is 39.3 Å². The number of nitrogens with zero attached hydrogens (tertiary/aromatic N) is 1. The van der Waals surface area contributed by atoms with Crippen molar-refractivity contribution in [2.45, 2.75) is 11.8 Å². The summed E-state index contributed by atoms with van der Waals surface area (Å²) < 4.78 is 37.5. The topological polar surface area (TPSA) is 72.9 Å². The minimum atomic E-state index is -3.85. The van der Waals surface area contributed by atoms with Crippen LogP contribution in [0.25, 0.3) is 0 Å². The molecule has 1 aliphatic rings. The van der Waals surface area contributed by atoms with Gasteiger partial charge in [0.05, 0.1) is 28.8 Å². The Labute approximate surface area is 167 Å². The molecule has 144 valence electrons. The average Bonchev–Trinajstić information content (AvgIpc) is 2.65. The van der Waals surface area contributed by atoms with Gasteiger partial charge in [0.15, 0.2) is 0 Å². The molecular weight excluding hydrogens is 413 g/mol. The summed E-state index contributed by atoms with van der Waals surface area (Å²) in [6, 6.07) is 9.03. The van der Waals surface area contributed by atoms with Crippen LogP contribution >= 0.6 is 23.2 Å². The normalized spacial score (nSPS) is 15.5. The number of hydrogen-bond donors (Lipinski definition) is 0. The van der Waals surface area contributed by atoms with Crippen molar-refractivity contribution in [3.63, 3.8) is 0 Å². The third-order valence-corrected chi connectivity index (χ3v) is 6.74. The molecule has 0 amide bonds. The number of ether oxygens (including phenoxy) is 2. The first-order valence-electron chi connectivity index (χ1n) is 8.15. The molecule has 0 atom stereocenters. The molecule has 1 fully saturated rings. The summed E-state index contributed by atoms with van der Waals surface area (Å²) in [4.78, 5) is 12.3. The number of carbonyl (C=O) groups excluding carboxylic acids is 1. The maximum absolute atomic E-state index is 12.9. The predicted molar refractivity (Wildman–Crippen MR) is 102 cm³/mol. The number of carbonyl (C=O) groups is 1. The van der Waals surface area contributed by atoms with Crippen LogP contribution in [0.2, 0.25) is 10.0 Å². The molecule has 0 aromatic heterocycles. The summed E-state index contributed by atoms with van der Waals surface area (Å²) in [5.74, 6) is -0.521. The molecule has 2 aromatic carbocycles. The molecule has 2 aromatic rings. The molecule has 1 heterocycles.